The molecule has 0 atom stereocenters. The number of unbranched alkanes of at least 4 members (excludes halogenated alkanes) is 2. The number of likely N-dealkylation sites (N-methyl/N-ethyl adjacent to an activating group) is 1. The van der Waals surface area contributed by atoms with Crippen molar-refractivity contribution in [1.82, 2.24) is 4.90 Å². The van der Waals surface area contributed by atoms with Crippen LogP contribution in [0.25, 0.3) is 0 Å². The maximum absolute atomic E-state index is 11.8. The van der Waals surface area contributed by atoms with E-state index in [9.17, 15) is 4.79 Å². The number of hydrogen-bond donors (Lipinski definition) is 1. The molecule has 1 aromatic rings. The lowest BCUT2D eigenvalue weighted by atomic mass is 10.2. The lowest BCUT2D eigenvalue weighted by Crippen LogP contribution is -2.32. The Morgan fingerprint density at radius 2 is 1.95 bits per heavy atom. The van der Waals surface area contributed by atoms with Crippen LogP contribution < -0.4 is 10.5 Å². The standard InChI is InChI=1S/C15H24N2O2/c1-3-4-5-10-17(2)15(18)12-19-14-8-6-13(11-16)7-9-14/h6-9H,3-5,10-12,16H2,1-2H3. The lowest BCUT2D eigenvalue weighted by molar-refractivity contribution is -0.132. The number of benzene rings is 1. The minimum Gasteiger partial charge on any atom is -0.484 e. The normalized spacial score (nSPS) is 10.3. The first-order valence-corrected chi connectivity index (χ1v) is 6.83. The Morgan fingerprint density at radius 3 is 2.53 bits per heavy atom. The van der Waals surface area contributed by atoms with Crippen molar-refractivity contribution >= 4 is 5.91 Å². The summed E-state index contributed by atoms with van der Waals surface area (Å²) >= 11 is 0. The number of ether oxygens (including phenoxy) is 1. The average molecular weight is 264 g/mol. The predicted molar refractivity (Wildman–Crippen MR) is 77.0 cm³/mol. The molecule has 0 saturated carbocycles. The van der Waals surface area contributed by atoms with Gasteiger partial charge in [-0.1, -0.05) is 31.9 Å². The molecule has 0 radical (unpaired) electrons. The fourth-order valence-corrected chi connectivity index (χ4v) is 1.70. The van der Waals surface area contributed by atoms with E-state index in [1.165, 1.54) is 0 Å². The quantitative estimate of drug-likeness (QED) is 0.732. The number of carbonyl (C=O) groups is 1. The number of rotatable bonds is 8. The van der Waals surface area contributed by atoms with Gasteiger partial charge in [-0.3, -0.25) is 4.79 Å². The lowest BCUT2D eigenvalue weighted by Gasteiger charge is -2.17. The SMILES string of the molecule is CCCCCN(C)C(=O)COc1ccc(CN)cc1. The molecule has 0 fully saturated rings. The third-order valence-corrected chi connectivity index (χ3v) is 3.04. The molecule has 0 aliphatic heterocycles. The van der Waals surface area contributed by atoms with E-state index in [0.29, 0.717) is 12.3 Å². The van der Waals surface area contributed by atoms with Crippen molar-refractivity contribution in [3.63, 3.8) is 0 Å². The van der Waals surface area contributed by atoms with Gasteiger partial charge in [0.05, 0.1) is 0 Å². The summed E-state index contributed by atoms with van der Waals surface area (Å²) in [7, 11) is 1.82. The van der Waals surface area contributed by atoms with E-state index in [1.54, 1.807) is 4.90 Å². The largest absolute Gasteiger partial charge is 0.484 e. The van der Waals surface area contributed by atoms with Crippen LogP contribution in [0.2, 0.25) is 0 Å². The highest BCUT2D eigenvalue weighted by Crippen LogP contribution is 2.11. The Labute approximate surface area is 115 Å². The molecule has 19 heavy (non-hydrogen) atoms. The maximum Gasteiger partial charge on any atom is 0.260 e. The van der Waals surface area contributed by atoms with Crippen LogP contribution in [0.3, 0.4) is 0 Å². The van der Waals surface area contributed by atoms with Crippen molar-refractivity contribution in [3.05, 3.63) is 29.8 Å². The van der Waals surface area contributed by atoms with Crippen LogP contribution in [0.5, 0.6) is 5.75 Å². The number of amides is 1. The van der Waals surface area contributed by atoms with Crippen molar-refractivity contribution in [2.45, 2.75) is 32.7 Å². The molecular weight excluding hydrogens is 240 g/mol. The molecule has 0 unspecified atom stereocenters. The molecule has 0 heterocycles. The van der Waals surface area contributed by atoms with Crippen molar-refractivity contribution < 1.29 is 9.53 Å². The number of carbonyl (C=O) groups excluding carboxylic acids is 1. The second-order valence-corrected chi connectivity index (χ2v) is 4.66. The summed E-state index contributed by atoms with van der Waals surface area (Å²) in [5.41, 5.74) is 6.57. The molecule has 0 bridgehead atoms. The first kappa shape index (κ1) is 15.5. The Hall–Kier alpha value is -1.55. The van der Waals surface area contributed by atoms with Gasteiger partial charge < -0.3 is 15.4 Å². The van der Waals surface area contributed by atoms with Crippen LogP contribution >= 0.6 is 0 Å². The fraction of sp³-hybridized carbons (Fsp3) is 0.533. The van der Waals surface area contributed by atoms with Crippen LogP contribution in [-0.2, 0) is 11.3 Å². The van der Waals surface area contributed by atoms with Crippen molar-refractivity contribution in [2.75, 3.05) is 20.2 Å². The summed E-state index contributed by atoms with van der Waals surface area (Å²) in [6.07, 6.45) is 3.36. The van der Waals surface area contributed by atoms with Gasteiger partial charge in [0.1, 0.15) is 5.75 Å². The molecule has 0 aliphatic carbocycles. The van der Waals surface area contributed by atoms with Gasteiger partial charge in [0, 0.05) is 20.1 Å². The van der Waals surface area contributed by atoms with E-state index < -0.39 is 0 Å². The summed E-state index contributed by atoms with van der Waals surface area (Å²) in [4.78, 5) is 13.5. The zero-order valence-corrected chi connectivity index (χ0v) is 11.9. The average Bonchev–Trinajstić information content (AvgIpc) is 2.45. The van der Waals surface area contributed by atoms with Crippen molar-refractivity contribution in [1.29, 1.82) is 0 Å². The van der Waals surface area contributed by atoms with Gasteiger partial charge in [0.25, 0.3) is 5.91 Å². The second kappa shape index (κ2) is 8.53. The Kier molecular flexibility index (Phi) is 6.97. The zero-order valence-electron chi connectivity index (χ0n) is 11.9. The highest BCUT2D eigenvalue weighted by Gasteiger charge is 2.08. The summed E-state index contributed by atoms with van der Waals surface area (Å²) in [6, 6.07) is 7.49. The van der Waals surface area contributed by atoms with Crippen LogP contribution in [-0.4, -0.2) is 31.0 Å². The van der Waals surface area contributed by atoms with Gasteiger partial charge >= 0.3 is 0 Å². The van der Waals surface area contributed by atoms with Crippen molar-refractivity contribution in [3.8, 4) is 5.75 Å². The third kappa shape index (κ3) is 5.75. The second-order valence-electron chi connectivity index (χ2n) is 4.66. The van der Waals surface area contributed by atoms with E-state index in [1.807, 2.05) is 31.3 Å². The summed E-state index contributed by atoms with van der Waals surface area (Å²) in [6.45, 7) is 3.54. The minimum absolute atomic E-state index is 0.0130. The Balaban J connectivity index is 2.32. The minimum atomic E-state index is 0.0130. The molecule has 2 N–H and O–H groups in total. The molecular formula is C15H24N2O2. The predicted octanol–water partition coefficient (Wildman–Crippen LogP) is 2.17. The molecule has 1 aromatic carbocycles. The highest BCUT2D eigenvalue weighted by atomic mass is 16.5. The Morgan fingerprint density at radius 1 is 1.26 bits per heavy atom. The first-order chi connectivity index (χ1) is 9.17. The zero-order chi connectivity index (χ0) is 14.1. The molecule has 4 nitrogen and oxygen atoms in total. The summed E-state index contributed by atoms with van der Waals surface area (Å²) < 4.78 is 5.46. The smallest absolute Gasteiger partial charge is 0.260 e. The van der Waals surface area contributed by atoms with Gasteiger partial charge in [-0.2, -0.15) is 0 Å². The van der Waals surface area contributed by atoms with Gasteiger partial charge in [0.2, 0.25) is 0 Å². The molecule has 4 heteroatoms. The van der Waals surface area contributed by atoms with E-state index in [2.05, 4.69) is 6.92 Å². The maximum atomic E-state index is 11.8. The Bertz CT molecular complexity index is 376. The van der Waals surface area contributed by atoms with Crippen LogP contribution in [0.15, 0.2) is 24.3 Å². The number of nitrogens with zero attached hydrogens (tertiary/aromatic N) is 1. The van der Waals surface area contributed by atoms with E-state index in [4.69, 9.17) is 10.5 Å². The van der Waals surface area contributed by atoms with Gasteiger partial charge in [-0.05, 0) is 24.1 Å². The highest BCUT2D eigenvalue weighted by molar-refractivity contribution is 5.77. The van der Waals surface area contributed by atoms with Crippen LogP contribution in [0.4, 0.5) is 0 Å². The van der Waals surface area contributed by atoms with Gasteiger partial charge in [-0.15, -0.1) is 0 Å². The molecule has 0 spiro atoms. The molecule has 1 amide bonds. The molecule has 0 saturated heterocycles. The van der Waals surface area contributed by atoms with Crippen molar-refractivity contribution in [2.24, 2.45) is 5.73 Å². The molecule has 0 aromatic heterocycles. The topological polar surface area (TPSA) is 55.6 Å². The summed E-state index contributed by atoms with van der Waals surface area (Å²) in [5, 5.41) is 0. The molecule has 0 aliphatic rings. The van der Waals surface area contributed by atoms with E-state index in [0.717, 1.165) is 31.4 Å². The molecule has 1 rings (SSSR count). The van der Waals surface area contributed by atoms with Crippen LogP contribution in [0.1, 0.15) is 31.7 Å². The van der Waals surface area contributed by atoms with E-state index >= 15 is 0 Å². The van der Waals surface area contributed by atoms with E-state index in [-0.39, 0.29) is 12.5 Å². The fourth-order valence-electron chi connectivity index (χ4n) is 1.70. The van der Waals surface area contributed by atoms with Gasteiger partial charge in [0.15, 0.2) is 6.61 Å². The first-order valence-electron chi connectivity index (χ1n) is 6.83. The summed E-state index contributed by atoms with van der Waals surface area (Å²) in [5.74, 6) is 0.714. The molecule has 106 valence electrons. The number of hydrogen-bond acceptors (Lipinski definition) is 3. The van der Waals surface area contributed by atoms with Gasteiger partial charge in [-0.25, -0.2) is 0 Å². The number of nitrogens with two attached hydrogens (primary N) is 1. The van der Waals surface area contributed by atoms with Crippen LogP contribution in [0, 0.1) is 0 Å². The third-order valence-electron chi connectivity index (χ3n) is 3.04. The monoisotopic (exact) mass is 264 g/mol.